The van der Waals surface area contributed by atoms with Crippen LogP contribution in [-0.2, 0) is 28.6 Å². The minimum absolute atomic E-state index is 0.0271. The van der Waals surface area contributed by atoms with Crippen LogP contribution in [0.5, 0.6) is 0 Å². The highest BCUT2D eigenvalue weighted by Crippen LogP contribution is 2.15. The summed E-state index contributed by atoms with van der Waals surface area (Å²) in [6.45, 7) is 4.50. The molecule has 284 valence electrons. The van der Waals surface area contributed by atoms with Gasteiger partial charge in [0.15, 0.2) is 12.1 Å². The van der Waals surface area contributed by atoms with Crippen molar-refractivity contribution in [3.05, 3.63) is 36.5 Å². The molecule has 0 radical (unpaired) electrons. The third-order valence-corrected chi connectivity index (χ3v) is 8.59. The van der Waals surface area contributed by atoms with E-state index in [9.17, 15) is 19.5 Å². The summed E-state index contributed by atoms with van der Waals surface area (Å²) in [4.78, 5) is 36.6. The van der Waals surface area contributed by atoms with E-state index in [4.69, 9.17) is 14.2 Å². The van der Waals surface area contributed by atoms with Crippen LogP contribution < -0.4 is 0 Å². The van der Waals surface area contributed by atoms with E-state index in [1.807, 2.05) is 27.2 Å². The Morgan fingerprint density at radius 3 is 1.61 bits per heavy atom. The summed E-state index contributed by atoms with van der Waals surface area (Å²) in [7, 11) is 5.49. The predicted octanol–water partition coefficient (Wildman–Crippen LogP) is 9.91. The van der Waals surface area contributed by atoms with Crippen LogP contribution in [0.1, 0.15) is 155 Å². The number of likely N-dealkylation sites (N-methyl/N-ethyl adjacent to an activating group) is 1. The number of carboxylic acids is 1. The third kappa shape index (κ3) is 31.3. The molecule has 0 aromatic rings. The maximum atomic E-state index is 12.5. The van der Waals surface area contributed by atoms with E-state index in [0.29, 0.717) is 12.8 Å². The molecule has 0 heterocycles. The highest BCUT2D eigenvalue weighted by atomic mass is 16.6. The van der Waals surface area contributed by atoms with Crippen molar-refractivity contribution in [2.24, 2.45) is 0 Å². The number of rotatable bonds is 34. The Bertz CT molecular complexity index is 906. The zero-order valence-electron chi connectivity index (χ0n) is 32.1. The summed E-state index contributed by atoms with van der Waals surface area (Å²) in [6, 6.07) is -0.625. The smallest absolute Gasteiger partial charge is 0.362 e. The second kappa shape index (κ2) is 32.7. The maximum absolute atomic E-state index is 12.5. The number of aliphatic carboxylic acids is 1. The van der Waals surface area contributed by atoms with Crippen LogP contribution in [0.15, 0.2) is 36.5 Å². The summed E-state index contributed by atoms with van der Waals surface area (Å²) in [5.41, 5.74) is 0. The van der Waals surface area contributed by atoms with Gasteiger partial charge in [0.2, 0.25) is 0 Å². The van der Waals surface area contributed by atoms with Crippen molar-refractivity contribution in [1.82, 2.24) is 0 Å². The first-order chi connectivity index (χ1) is 23.6. The van der Waals surface area contributed by atoms with Gasteiger partial charge in [0.1, 0.15) is 6.61 Å². The van der Waals surface area contributed by atoms with E-state index in [2.05, 4.69) is 38.2 Å². The van der Waals surface area contributed by atoms with Crippen LogP contribution in [0.2, 0.25) is 0 Å². The van der Waals surface area contributed by atoms with Crippen molar-refractivity contribution in [2.45, 2.75) is 167 Å². The van der Waals surface area contributed by atoms with Gasteiger partial charge in [0.05, 0.1) is 40.8 Å². The van der Waals surface area contributed by atoms with Crippen molar-refractivity contribution in [2.75, 3.05) is 41.0 Å². The topological polar surface area (TPSA) is 99.1 Å². The van der Waals surface area contributed by atoms with Gasteiger partial charge >= 0.3 is 17.9 Å². The quantitative estimate of drug-likeness (QED) is 0.0310. The van der Waals surface area contributed by atoms with Gasteiger partial charge in [-0.15, -0.1) is 0 Å². The molecule has 0 saturated carbocycles. The molecule has 0 aromatic heterocycles. The average Bonchev–Trinajstić information content (AvgIpc) is 3.05. The minimum Gasteiger partial charge on any atom is -0.477 e. The number of nitrogens with zero attached hydrogens (tertiary/aromatic N) is 1. The van der Waals surface area contributed by atoms with Crippen molar-refractivity contribution in [1.29, 1.82) is 0 Å². The Morgan fingerprint density at radius 2 is 1.12 bits per heavy atom. The molecule has 2 unspecified atom stereocenters. The lowest BCUT2D eigenvalue weighted by Crippen LogP contribution is -2.50. The molecular formula is C41H74NO7+. The molecule has 0 rings (SSSR count). The fraction of sp³-hybridized carbons (Fsp3) is 0.780. The van der Waals surface area contributed by atoms with Crippen molar-refractivity contribution >= 4 is 17.9 Å². The van der Waals surface area contributed by atoms with Crippen molar-refractivity contribution in [3.63, 3.8) is 0 Å². The van der Waals surface area contributed by atoms with E-state index in [-0.39, 0.29) is 36.7 Å². The number of unbranched alkanes of at least 4 members (excludes halogenated alkanes) is 15. The Morgan fingerprint density at radius 1 is 0.633 bits per heavy atom. The molecule has 1 N–H and O–H groups in total. The fourth-order valence-electron chi connectivity index (χ4n) is 5.57. The van der Waals surface area contributed by atoms with E-state index in [1.165, 1.54) is 83.5 Å². The molecule has 0 saturated heterocycles. The SMILES string of the molecule is CC/C=C/C/C=C/C/C=C/CC(=O)OC(COCCC(C(=O)O)[N+](C)(C)C)COC(=O)CCCCCCCCCCCCCCCCCC. The fourth-order valence-corrected chi connectivity index (χ4v) is 5.57. The predicted molar refractivity (Wildman–Crippen MR) is 201 cm³/mol. The lowest BCUT2D eigenvalue weighted by molar-refractivity contribution is -0.887. The van der Waals surface area contributed by atoms with E-state index in [0.717, 1.165) is 38.5 Å². The standard InChI is InChI=1S/C41H73NO7/c1-6-8-10-12-14-16-17-18-19-20-21-22-24-25-27-29-31-39(43)48-36-37(35-47-34-33-38(41(45)46)42(3,4)5)49-40(44)32-30-28-26-23-15-13-11-9-7-2/h9,11,15,23,28,30,37-38H,6-8,10,12-14,16-22,24-27,29,31-36H2,1-5H3/p+1/b11-9+,23-15+,30-28+. The van der Waals surface area contributed by atoms with E-state index >= 15 is 0 Å². The molecule has 0 aliphatic heterocycles. The van der Waals surface area contributed by atoms with Crippen LogP contribution in [0, 0.1) is 0 Å². The van der Waals surface area contributed by atoms with Crippen molar-refractivity contribution in [3.8, 4) is 0 Å². The van der Waals surface area contributed by atoms with Gasteiger partial charge in [0, 0.05) is 12.8 Å². The first-order valence-electron chi connectivity index (χ1n) is 19.5. The summed E-state index contributed by atoms with van der Waals surface area (Å²) < 4.78 is 17.1. The summed E-state index contributed by atoms with van der Waals surface area (Å²) >= 11 is 0. The largest absolute Gasteiger partial charge is 0.477 e. The van der Waals surface area contributed by atoms with Gasteiger partial charge in [-0.3, -0.25) is 9.59 Å². The number of hydrogen-bond acceptors (Lipinski definition) is 6. The summed E-state index contributed by atoms with van der Waals surface area (Å²) in [5.74, 6) is -1.62. The second-order valence-corrected chi connectivity index (χ2v) is 14.2. The average molecular weight is 693 g/mol. The summed E-state index contributed by atoms with van der Waals surface area (Å²) in [5, 5.41) is 9.57. The minimum atomic E-state index is -0.888. The molecule has 0 bridgehead atoms. The van der Waals surface area contributed by atoms with Crippen molar-refractivity contribution < 1.29 is 38.2 Å². The number of quaternary nitrogens is 1. The molecule has 0 amide bonds. The maximum Gasteiger partial charge on any atom is 0.362 e. The molecular weight excluding hydrogens is 618 g/mol. The van der Waals surface area contributed by atoms with E-state index in [1.54, 1.807) is 6.08 Å². The second-order valence-electron chi connectivity index (χ2n) is 14.2. The van der Waals surface area contributed by atoms with Gasteiger partial charge in [0.25, 0.3) is 0 Å². The monoisotopic (exact) mass is 693 g/mol. The molecule has 0 aromatic carbocycles. The molecule has 0 aliphatic rings. The zero-order valence-corrected chi connectivity index (χ0v) is 32.1. The molecule has 0 aliphatic carbocycles. The number of ether oxygens (including phenoxy) is 3. The van der Waals surface area contributed by atoms with Crippen LogP contribution in [0.25, 0.3) is 0 Å². The van der Waals surface area contributed by atoms with Crippen LogP contribution in [0.4, 0.5) is 0 Å². The zero-order chi connectivity index (χ0) is 36.4. The highest BCUT2D eigenvalue weighted by Gasteiger charge is 2.31. The number of carboxylic acid groups (broad SMARTS) is 1. The molecule has 0 spiro atoms. The Kier molecular flexibility index (Phi) is 31.1. The van der Waals surface area contributed by atoms with E-state index < -0.39 is 24.1 Å². The molecule has 49 heavy (non-hydrogen) atoms. The van der Waals surface area contributed by atoms with Crippen LogP contribution >= 0.6 is 0 Å². The van der Waals surface area contributed by atoms with Gasteiger partial charge < -0.3 is 23.8 Å². The number of hydrogen-bond donors (Lipinski definition) is 1. The third-order valence-electron chi connectivity index (χ3n) is 8.59. The molecule has 2 atom stereocenters. The van der Waals surface area contributed by atoms with Gasteiger partial charge in [-0.25, -0.2) is 4.79 Å². The molecule has 0 fully saturated rings. The van der Waals surface area contributed by atoms with Gasteiger partial charge in [-0.1, -0.05) is 147 Å². The Balaban J connectivity index is 4.38. The van der Waals surface area contributed by atoms with Crippen LogP contribution in [-0.4, -0.2) is 80.6 Å². The normalized spacial score (nSPS) is 13.4. The van der Waals surface area contributed by atoms with Gasteiger partial charge in [-0.05, 0) is 25.7 Å². The first kappa shape index (κ1) is 46.5. The number of esters is 2. The lowest BCUT2D eigenvalue weighted by Gasteiger charge is -2.31. The lowest BCUT2D eigenvalue weighted by atomic mass is 10.0. The first-order valence-corrected chi connectivity index (χ1v) is 19.5. The number of carbonyl (C=O) groups excluding carboxylic acids is 2. The number of carbonyl (C=O) groups is 3. The molecule has 8 heteroatoms. The summed E-state index contributed by atoms with van der Waals surface area (Å²) in [6.07, 6.45) is 35.2. The Hall–Kier alpha value is -2.45. The highest BCUT2D eigenvalue weighted by molar-refractivity contribution is 5.72. The number of allylic oxidation sites excluding steroid dienone is 5. The van der Waals surface area contributed by atoms with Gasteiger partial charge in [-0.2, -0.15) is 0 Å². The molecule has 8 nitrogen and oxygen atoms in total. The Labute approximate surface area is 300 Å². The van der Waals surface area contributed by atoms with Crippen LogP contribution in [0.3, 0.4) is 0 Å².